The summed E-state index contributed by atoms with van der Waals surface area (Å²) in [5, 5.41) is 0. The maximum atomic E-state index is 7.33. The molecule has 0 spiro atoms. The summed E-state index contributed by atoms with van der Waals surface area (Å²) in [5.74, 6) is 0. The van der Waals surface area contributed by atoms with E-state index in [1.807, 2.05) is 0 Å². The molecule has 8 nitrogen and oxygen atoms in total. The molecule has 0 bridgehead atoms. The molecule has 0 aromatic carbocycles. The largest absolute Gasteiger partial charge is 0.668 e. The molecule has 11 heteroatoms. The first-order chi connectivity index (χ1) is 4.00. The Morgan fingerprint density at radius 2 is 0.455 bits per heavy atom. The first-order valence-electron chi connectivity index (χ1n) is 1.79. The van der Waals surface area contributed by atoms with Crippen LogP contribution in [0.15, 0.2) is 0 Å². The van der Waals surface area contributed by atoms with Crippen molar-refractivity contribution in [3.05, 3.63) is 0 Å². The summed E-state index contributed by atoms with van der Waals surface area (Å²) in [5.41, 5.74) is 0. The minimum absolute atomic E-state index is 0. The van der Waals surface area contributed by atoms with Crippen molar-refractivity contribution in [2.45, 2.75) is 0 Å². The molecule has 0 saturated carbocycles. The Kier molecular flexibility index (Phi) is 10.8. The molecule has 65 valence electrons. The van der Waals surface area contributed by atoms with Gasteiger partial charge in [0.1, 0.15) is 0 Å². The van der Waals surface area contributed by atoms with E-state index in [1.54, 1.807) is 0 Å². The zero-order valence-corrected chi connectivity index (χ0v) is 9.58. The van der Waals surface area contributed by atoms with E-state index in [0.29, 0.717) is 0 Å². The zero-order valence-electron chi connectivity index (χ0n) is 5.58. The molecule has 0 aromatic heterocycles. The van der Waals surface area contributed by atoms with Crippen molar-refractivity contribution < 1.29 is 38.4 Å². The molecule has 0 aliphatic heterocycles. The van der Waals surface area contributed by atoms with Gasteiger partial charge in [-0.15, -0.1) is 0 Å². The van der Waals surface area contributed by atoms with Crippen LogP contribution in [0, 0.1) is 0 Å². The predicted molar refractivity (Wildman–Crippen MR) is 35.0 cm³/mol. The summed E-state index contributed by atoms with van der Waals surface area (Å²) in [4.78, 5) is 58.6. The Morgan fingerprint density at radius 3 is 0.455 bits per heavy atom. The summed E-state index contributed by atoms with van der Waals surface area (Å²) in [6.45, 7) is 0. The quantitative estimate of drug-likeness (QED) is 0.185. The fraction of sp³-hybridized carbons (Fsp3) is 0. The minimum Gasteiger partial charge on any atom is -0.368 e. The number of rotatable bonds is 0. The van der Waals surface area contributed by atoms with Crippen molar-refractivity contribution in [2.75, 3.05) is 0 Å². The average molecular weight is 215 g/mol. The van der Waals surface area contributed by atoms with Crippen LogP contribution in [-0.2, 0) is 0 Å². The van der Waals surface area contributed by atoms with Crippen LogP contribution in [0.5, 0.6) is 0 Å². The predicted octanol–water partition coefficient (Wildman–Crippen LogP) is -5.60. The molecule has 0 unspecified atom stereocenters. The Bertz CT molecular complexity index is 55.1. The first-order valence-corrected chi connectivity index (χ1v) is 5.37. The Morgan fingerprint density at radius 1 is 0.455 bits per heavy atom. The van der Waals surface area contributed by atoms with Gasteiger partial charge in [-0.25, -0.2) is 0 Å². The fourth-order valence-corrected chi connectivity index (χ4v) is 0. The molecule has 8 N–H and O–H groups in total. The smallest absolute Gasteiger partial charge is 0.368 e. The summed E-state index contributed by atoms with van der Waals surface area (Å²) >= 11 is 0. The van der Waals surface area contributed by atoms with Crippen molar-refractivity contribution in [1.29, 1.82) is 0 Å². The van der Waals surface area contributed by atoms with E-state index in [2.05, 4.69) is 0 Å². The molecule has 0 heterocycles. The topological polar surface area (TPSA) is 162 Å². The summed E-state index contributed by atoms with van der Waals surface area (Å²) in [6.07, 6.45) is 0. The molecular weight excluding hydrogens is 207 g/mol. The second-order valence-electron chi connectivity index (χ2n) is 1.20. The molecule has 0 aliphatic carbocycles. The van der Waals surface area contributed by atoms with Gasteiger partial charge in [-0.3, -0.25) is 0 Å². The van der Waals surface area contributed by atoms with E-state index in [4.69, 9.17) is 38.4 Å². The second-order valence-corrected chi connectivity index (χ2v) is 3.60. The van der Waals surface area contributed by atoms with Crippen molar-refractivity contribution >= 4 is 47.7 Å². The van der Waals surface area contributed by atoms with E-state index in [-0.39, 0.29) is 29.6 Å². The molecule has 0 atom stereocenters. The van der Waals surface area contributed by atoms with Gasteiger partial charge in [0.2, 0.25) is 0 Å². The summed E-state index contributed by atoms with van der Waals surface area (Å²) < 4.78 is 0. The Balaban J connectivity index is -0.000000107. The SMILES string of the molecule is O[Si](O)(O)O.O[Si](O)(O)O.[Na]. The van der Waals surface area contributed by atoms with Gasteiger partial charge in [-0.2, -0.15) is 0 Å². The summed E-state index contributed by atoms with van der Waals surface area (Å²) in [6, 6.07) is 0. The van der Waals surface area contributed by atoms with E-state index in [9.17, 15) is 0 Å². The van der Waals surface area contributed by atoms with Gasteiger partial charge in [0.05, 0.1) is 0 Å². The van der Waals surface area contributed by atoms with Gasteiger partial charge in [0.15, 0.2) is 0 Å². The van der Waals surface area contributed by atoms with Crippen LogP contribution >= 0.6 is 0 Å². The third-order valence-electron chi connectivity index (χ3n) is 0. The third kappa shape index (κ3) is 744. The van der Waals surface area contributed by atoms with Crippen LogP contribution in [0.4, 0.5) is 0 Å². The van der Waals surface area contributed by atoms with Gasteiger partial charge < -0.3 is 38.4 Å². The van der Waals surface area contributed by atoms with Gasteiger partial charge in [-0.05, 0) is 0 Å². The molecule has 0 rings (SSSR count). The van der Waals surface area contributed by atoms with E-state index < -0.39 is 18.1 Å². The molecule has 0 amide bonds. The molecule has 0 aromatic rings. The van der Waals surface area contributed by atoms with Gasteiger partial charge in [0.25, 0.3) is 0 Å². The Hall–Kier alpha value is 1.11. The average Bonchev–Trinajstić information content (AvgIpc) is 1.12. The molecule has 0 fully saturated rings. The first kappa shape index (κ1) is 18.0. The van der Waals surface area contributed by atoms with Gasteiger partial charge in [0, 0.05) is 29.6 Å². The van der Waals surface area contributed by atoms with E-state index in [0.717, 1.165) is 0 Å². The molecule has 0 saturated heterocycles. The molecular formula is H8NaO8Si2. The van der Waals surface area contributed by atoms with Crippen molar-refractivity contribution in [1.82, 2.24) is 0 Å². The second kappa shape index (κ2) is 6.61. The third-order valence-corrected chi connectivity index (χ3v) is 0. The Labute approximate surface area is 85.9 Å². The fourth-order valence-electron chi connectivity index (χ4n) is 0. The van der Waals surface area contributed by atoms with Crippen LogP contribution in [0.25, 0.3) is 0 Å². The van der Waals surface area contributed by atoms with Crippen molar-refractivity contribution in [3.8, 4) is 0 Å². The molecule has 0 aliphatic rings. The maximum Gasteiger partial charge on any atom is 0.668 e. The number of hydrogen-bond acceptors (Lipinski definition) is 8. The maximum absolute atomic E-state index is 7.33. The normalized spacial score (nSPS) is 10.9. The monoisotopic (exact) mass is 215 g/mol. The van der Waals surface area contributed by atoms with Crippen LogP contribution in [0.3, 0.4) is 0 Å². The van der Waals surface area contributed by atoms with Crippen LogP contribution < -0.4 is 0 Å². The van der Waals surface area contributed by atoms with Crippen molar-refractivity contribution in [3.63, 3.8) is 0 Å². The van der Waals surface area contributed by atoms with E-state index >= 15 is 0 Å². The van der Waals surface area contributed by atoms with Crippen LogP contribution in [-0.4, -0.2) is 86.0 Å². The van der Waals surface area contributed by atoms with Crippen LogP contribution in [0.2, 0.25) is 0 Å². The van der Waals surface area contributed by atoms with E-state index in [1.165, 1.54) is 0 Å². The standard InChI is InChI=1S/Na.2H4O4Si/c;2*1-5(2,3)4/h;2*1-4H. The van der Waals surface area contributed by atoms with Gasteiger partial charge >= 0.3 is 18.1 Å². The summed E-state index contributed by atoms with van der Waals surface area (Å²) in [7, 11) is -9.22. The zero-order chi connectivity index (χ0) is 9.00. The van der Waals surface area contributed by atoms with Crippen LogP contribution in [0.1, 0.15) is 0 Å². The minimum atomic E-state index is -4.61. The molecule has 11 heavy (non-hydrogen) atoms. The molecule has 1 radical (unpaired) electrons. The number of hydrogen-bond donors (Lipinski definition) is 8. The van der Waals surface area contributed by atoms with Crippen molar-refractivity contribution in [2.24, 2.45) is 0 Å². The van der Waals surface area contributed by atoms with Gasteiger partial charge in [-0.1, -0.05) is 0 Å².